The van der Waals surface area contributed by atoms with Gasteiger partial charge in [0.1, 0.15) is 22.5 Å². The summed E-state index contributed by atoms with van der Waals surface area (Å²) >= 11 is 1.66. The van der Waals surface area contributed by atoms with E-state index in [-0.39, 0.29) is 6.04 Å². The van der Waals surface area contributed by atoms with Crippen LogP contribution in [-0.4, -0.2) is 14.8 Å². The first-order valence-corrected chi connectivity index (χ1v) is 6.47. The van der Waals surface area contributed by atoms with Crippen LogP contribution < -0.4 is 5.32 Å². The molecule has 2 aromatic heterocycles. The van der Waals surface area contributed by atoms with E-state index >= 15 is 0 Å². The van der Waals surface area contributed by atoms with Crippen molar-refractivity contribution in [1.82, 2.24) is 14.8 Å². The van der Waals surface area contributed by atoms with Crippen LogP contribution in [0.2, 0.25) is 0 Å². The van der Waals surface area contributed by atoms with Crippen molar-refractivity contribution >= 4 is 17.2 Å². The highest BCUT2D eigenvalue weighted by Crippen LogP contribution is 2.25. The zero-order chi connectivity index (χ0) is 13.3. The lowest BCUT2D eigenvalue weighted by Gasteiger charge is -2.12. The minimum absolute atomic E-state index is 0.0607. The molecule has 0 saturated carbocycles. The topological polar surface area (TPSA) is 66.5 Å². The first-order chi connectivity index (χ1) is 8.52. The van der Waals surface area contributed by atoms with E-state index in [0.29, 0.717) is 5.56 Å². The van der Waals surface area contributed by atoms with E-state index in [2.05, 4.69) is 21.5 Å². The molecule has 1 atom stereocenters. The highest BCUT2D eigenvalue weighted by molar-refractivity contribution is 7.11. The second kappa shape index (κ2) is 4.78. The lowest BCUT2D eigenvalue weighted by atomic mass is 10.2. The number of rotatable bonds is 3. The maximum absolute atomic E-state index is 9.14. The number of hydrogen-bond acceptors (Lipinski definition) is 5. The van der Waals surface area contributed by atoms with Crippen LogP contribution in [0.5, 0.6) is 0 Å². The lowest BCUT2D eigenvalue weighted by molar-refractivity contribution is 0.741. The SMILES string of the molecule is Cc1cnc(C(C)Nc2c(C#N)c(C)nn2C)s1. The molecule has 5 nitrogen and oxygen atoms in total. The Morgan fingerprint density at radius 2 is 2.22 bits per heavy atom. The van der Waals surface area contributed by atoms with Crippen LogP contribution in [0.4, 0.5) is 5.82 Å². The molecule has 0 radical (unpaired) electrons. The van der Waals surface area contributed by atoms with Crippen molar-refractivity contribution in [3.05, 3.63) is 27.3 Å². The number of aromatic nitrogens is 3. The maximum atomic E-state index is 9.14. The number of aryl methyl sites for hydroxylation is 3. The third-order valence-corrected chi connectivity index (χ3v) is 3.79. The van der Waals surface area contributed by atoms with Gasteiger partial charge < -0.3 is 5.32 Å². The summed E-state index contributed by atoms with van der Waals surface area (Å²) in [4.78, 5) is 5.53. The average Bonchev–Trinajstić information content (AvgIpc) is 2.84. The number of nitrogens with zero attached hydrogens (tertiary/aromatic N) is 4. The summed E-state index contributed by atoms with van der Waals surface area (Å²) in [6.07, 6.45) is 1.86. The number of hydrogen-bond donors (Lipinski definition) is 1. The molecule has 0 aliphatic heterocycles. The molecule has 0 amide bonds. The van der Waals surface area contributed by atoms with Gasteiger partial charge in [0.05, 0.1) is 11.7 Å². The van der Waals surface area contributed by atoms with Crippen LogP contribution in [0.15, 0.2) is 6.20 Å². The van der Waals surface area contributed by atoms with Gasteiger partial charge in [-0.2, -0.15) is 10.4 Å². The van der Waals surface area contributed by atoms with E-state index in [9.17, 15) is 0 Å². The number of nitriles is 1. The van der Waals surface area contributed by atoms with Crippen LogP contribution in [0.3, 0.4) is 0 Å². The van der Waals surface area contributed by atoms with Gasteiger partial charge in [0, 0.05) is 18.1 Å². The molecule has 0 saturated heterocycles. The van der Waals surface area contributed by atoms with E-state index in [1.165, 1.54) is 4.88 Å². The summed E-state index contributed by atoms with van der Waals surface area (Å²) in [6.45, 7) is 5.90. The normalized spacial score (nSPS) is 12.2. The van der Waals surface area contributed by atoms with Gasteiger partial charge in [0.15, 0.2) is 0 Å². The summed E-state index contributed by atoms with van der Waals surface area (Å²) in [5.41, 5.74) is 1.34. The fourth-order valence-corrected chi connectivity index (χ4v) is 2.57. The minimum Gasteiger partial charge on any atom is -0.360 e. The third kappa shape index (κ3) is 2.22. The van der Waals surface area contributed by atoms with Gasteiger partial charge in [-0.1, -0.05) is 0 Å². The predicted octanol–water partition coefficient (Wildman–Crippen LogP) is 2.54. The highest BCUT2D eigenvalue weighted by atomic mass is 32.1. The Labute approximate surface area is 110 Å². The Morgan fingerprint density at radius 3 is 2.78 bits per heavy atom. The maximum Gasteiger partial charge on any atom is 0.142 e. The fourth-order valence-electron chi connectivity index (χ4n) is 1.80. The van der Waals surface area contributed by atoms with Crippen molar-refractivity contribution in [2.24, 2.45) is 7.05 Å². The van der Waals surface area contributed by atoms with Crippen LogP contribution in [0, 0.1) is 25.2 Å². The number of anilines is 1. The molecule has 0 fully saturated rings. The van der Waals surface area contributed by atoms with Crippen molar-refractivity contribution in [3.8, 4) is 6.07 Å². The average molecular weight is 261 g/mol. The van der Waals surface area contributed by atoms with Crippen LogP contribution in [0.1, 0.15) is 34.1 Å². The summed E-state index contributed by atoms with van der Waals surface area (Å²) in [7, 11) is 1.83. The van der Waals surface area contributed by atoms with E-state index in [1.807, 2.05) is 34.0 Å². The van der Waals surface area contributed by atoms with Gasteiger partial charge in [0.2, 0.25) is 0 Å². The first-order valence-electron chi connectivity index (χ1n) is 5.65. The van der Waals surface area contributed by atoms with Crippen molar-refractivity contribution < 1.29 is 0 Å². The van der Waals surface area contributed by atoms with Crippen LogP contribution in [0.25, 0.3) is 0 Å². The molecule has 18 heavy (non-hydrogen) atoms. The number of nitrogens with one attached hydrogen (secondary N) is 1. The molecule has 0 bridgehead atoms. The third-order valence-electron chi connectivity index (χ3n) is 2.70. The van der Waals surface area contributed by atoms with Gasteiger partial charge in [0.25, 0.3) is 0 Å². The molecule has 0 aromatic carbocycles. The van der Waals surface area contributed by atoms with Gasteiger partial charge in [-0.05, 0) is 20.8 Å². The zero-order valence-electron chi connectivity index (χ0n) is 10.9. The minimum atomic E-state index is 0.0607. The quantitative estimate of drug-likeness (QED) is 0.922. The number of thiazole rings is 1. The van der Waals surface area contributed by atoms with Gasteiger partial charge in [-0.15, -0.1) is 11.3 Å². The van der Waals surface area contributed by atoms with E-state index in [1.54, 1.807) is 16.0 Å². The molecule has 2 rings (SSSR count). The molecule has 0 spiro atoms. The molecule has 94 valence electrons. The van der Waals surface area contributed by atoms with Crippen molar-refractivity contribution in [2.45, 2.75) is 26.8 Å². The Hall–Kier alpha value is -1.87. The summed E-state index contributed by atoms with van der Waals surface area (Å²) < 4.78 is 1.70. The molecule has 2 aromatic rings. The van der Waals surface area contributed by atoms with Gasteiger partial charge >= 0.3 is 0 Å². The largest absolute Gasteiger partial charge is 0.360 e. The van der Waals surface area contributed by atoms with Crippen molar-refractivity contribution in [2.75, 3.05) is 5.32 Å². The van der Waals surface area contributed by atoms with E-state index < -0.39 is 0 Å². The van der Waals surface area contributed by atoms with Crippen molar-refractivity contribution in [1.29, 1.82) is 5.26 Å². The fraction of sp³-hybridized carbons (Fsp3) is 0.417. The van der Waals surface area contributed by atoms with Gasteiger partial charge in [-0.3, -0.25) is 4.68 Å². The molecular formula is C12H15N5S. The van der Waals surface area contributed by atoms with Crippen LogP contribution >= 0.6 is 11.3 Å². The smallest absolute Gasteiger partial charge is 0.142 e. The van der Waals surface area contributed by atoms with Gasteiger partial charge in [-0.25, -0.2) is 4.98 Å². The second-order valence-corrected chi connectivity index (χ2v) is 5.49. The van der Waals surface area contributed by atoms with Crippen molar-refractivity contribution in [3.63, 3.8) is 0 Å². The Bertz CT molecular complexity index is 605. The second-order valence-electron chi connectivity index (χ2n) is 4.22. The molecule has 1 N–H and O–H groups in total. The molecule has 0 aliphatic carbocycles. The monoisotopic (exact) mass is 261 g/mol. The summed E-state index contributed by atoms with van der Waals surface area (Å²) in [5, 5.41) is 17.7. The first kappa shape index (κ1) is 12.6. The lowest BCUT2D eigenvalue weighted by Crippen LogP contribution is -2.10. The molecule has 1 unspecified atom stereocenters. The van der Waals surface area contributed by atoms with E-state index in [4.69, 9.17) is 5.26 Å². The molecule has 0 aliphatic rings. The molecule has 6 heteroatoms. The van der Waals surface area contributed by atoms with Crippen LogP contribution in [-0.2, 0) is 7.05 Å². The molecule has 2 heterocycles. The predicted molar refractivity (Wildman–Crippen MR) is 71.5 cm³/mol. The standard InChI is InChI=1S/C12H15N5S/c1-7-6-14-12(18-7)9(3)15-11-10(5-13)8(2)16-17(11)4/h6,9,15H,1-4H3. The highest BCUT2D eigenvalue weighted by Gasteiger charge is 2.17. The van der Waals surface area contributed by atoms with E-state index in [0.717, 1.165) is 16.5 Å². The summed E-state index contributed by atoms with van der Waals surface area (Å²) in [5.74, 6) is 0.746. The zero-order valence-corrected chi connectivity index (χ0v) is 11.7. The Balaban J connectivity index is 2.27. The summed E-state index contributed by atoms with van der Waals surface area (Å²) in [6, 6.07) is 2.24. The molecular weight excluding hydrogens is 246 g/mol. The Kier molecular flexibility index (Phi) is 3.34. The Morgan fingerprint density at radius 1 is 1.50 bits per heavy atom.